The molecule has 1 fully saturated rings. The number of hydrogen-bond donors (Lipinski definition) is 0. The molecule has 0 spiro atoms. The molecule has 0 N–H and O–H groups in total. The molecular formula is C21H28O2. The fraction of sp³-hybridized carbons (Fsp3) is 0.619. The van der Waals surface area contributed by atoms with Gasteiger partial charge in [-0.3, -0.25) is 9.59 Å². The van der Waals surface area contributed by atoms with E-state index in [0.717, 1.165) is 12.8 Å². The zero-order valence-electron chi connectivity index (χ0n) is 14.8. The standard InChI is InChI=1S/C21H28O2/c1-14-6-5-7-19-20(14,3)11-10-15(2)21(19,4)13-16-12-17(22)8-9-18(16)23/h6,8-9,12,15,19H,5,7,10-11,13H2,1-4H3/t15-,19?,20+,21+/m0/s1. The van der Waals surface area contributed by atoms with E-state index in [4.69, 9.17) is 0 Å². The van der Waals surface area contributed by atoms with Gasteiger partial charge in [0.15, 0.2) is 11.6 Å². The van der Waals surface area contributed by atoms with Gasteiger partial charge in [0.25, 0.3) is 0 Å². The van der Waals surface area contributed by atoms with Crippen LogP contribution in [0.1, 0.15) is 59.8 Å². The second kappa shape index (κ2) is 5.58. The van der Waals surface area contributed by atoms with Crippen LogP contribution in [0.25, 0.3) is 0 Å². The minimum absolute atomic E-state index is 0.0216. The van der Waals surface area contributed by atoms with Crippen molar-refractivity contribution in [3.05, 3.63) is 35.5 Å². The molecule has 124 valence electrons. The summed E-state index contributed by atoms with van der Waals surface area (Å²) in [7, 11) is 0. The Morgan fingerprint density at radius 2 is 1.91 bits per heavy atom. The van der Waals surface area contributed by atoms with Crippen molar-refractivity contribution in [2.45, 2.75) is 59.8 Å². The van der Waals surface area contributed by atoms with Crippen molar-refractivity contribution in [2.75, 3.05) is 0 Å². The molecule has 0 aliphatic heterocycles. The van der Waals surface area contributed by atoms with Gasteiger partial charge in [0.05, 0.1) is 0 Å². The van der Waals surface area contributed by atoms with Crippen molar-refractivity contribution in [3.63, 3.8) is 0 Å². The topological polar surface area (TPSA) is 34.1 Å². The van der Waals surface area contributed by atoms with Gasteiger partial charge < -0.3 is 0 Å². The molecule has 2 nitrogen and oxygen atoms in total. The van der Waals surface area contributed by atoms with Crippen LogP contribution < -0.4 is 0 Å². The van der Waals surface area contributed by atoms with Crippen LogP contribution in [-0.4, -0.2) is 11.6 Å². The van der Waals surface area contributed by atoms with Crippen LogP contribution in [0.15, 0.2) is 35.5 Å². The number of allylic oxidation sites excluding steroid dienone is 6. The molecule has 0 aromatic carbocycles. The van der Waals surface area contributed by atoms with Gasteiger partial charge in [-0.15, -0.1) is 0 Å². The molecule has 0 amide bonds. The first-order chi connectivity index (χ1) is 10.8. The zero-order valence-corrected chi connectivity index (χ0v) is 14.8. The molecule has 1 saturated carbocycles. The molecule has 0 heterocycles. The fourth-order valence-electron chi connectivity index (χ4n) is 5.31. The van der Waals surface area contributed by atoms with Crippen LogP contribution in [0, 0.1) is 22.7 Å². The summed E-state index contributed by atoms with van der Waals surface area (Å²) in [5, 5.41) is 0. The van der Waals surface area contributed by atoms with E-state index >= 15 is 0 Å². The number of carbonyl (C=O) groups excluding carboxylic acids is 2. The van der Waals surface area contributed by atoms with Gasteiger partial charge in [0, 0.05) is 5.57 Å². The maximum Gasteiger partial charge on any atom is 0.182 e. The Labute approximate surface area is 139 Å². The molecule has 0 radical (unpaired) electrons. The number of hydrogen-bond acceptors (Lipinski definition) is 2. The van der Waals surface area contributed by atoms with Gasteiger partial charge >= 0.3 is 0 Å². The van der Waals surface area contributed by atoms with E-state index in [1.165, 1.54) is 37.0 Å². The van der Waals surface area contributed by atoms with E-state index in [-0.39, 0.29) is 22.4 Å². The van der Waals surface area contributed by atoms with Gasteiger partial charge in [0.1, 0.15) is 0 Å². The predicted octanol–water partition coefficient (Wildman–Crippen LogP) is 4.81. The van der Waals surface area contributed by atoms with E-state index < -0.39 is 0 Å². The molecular weight excluding hydrogens is 284 g/mol. The van der Waals surface area contributed by atoms with Crippen molar-refractivity contribution in [2.24, 2.45) is 22.7 Å². The zero-order chi connectivity index (χ0) is 16.8. The predicted molar refractivity (Wildman–Crippen MR) is 92.9 cm³/mol. The summed E-state index contributed by atoms with van der Waals surface area (Å²) < 4.78 is 0. The Balaban J connectivity index is 1.96. The second-order valence-electron chi connectivity index (χ2n) is 8.33. The van der Waals surface area contributed by atoms with Crippen molar-refractivity contribution < 1.29 is 9.59 Å². The van der Waals surface area contributed by atoms with Gasteiger partial charge in [0.2, 0.25) is 0 Å². The lowest BCUT2D eigenvalue weighted by atomic mass is 9.46. The normalized spacial score (nSPS) is 40.5. The van der Waals surface area contributed by atoms with Crippen LogP contribution >= 0.6 is 0 Å². The van der Waals surface area contributed by atoms with Crippen molar-refractivity contribution in [3.8, 4) is 0 Å². The van der Waals surface area contributed by atoms with Gasteiger partial charge in [-0.05, 0) is 79.9 Å². The fourth-order valence-corrected chi connectivity index (χ4v) is 5.31. The SMILES string of the molecule is CC1=CCCC2[C@](C)(CC3=CC(=O)C=CC3=O)[C@@H](C)CC[C@]12C. The molecule has 4 atom stereocenters. The summed E-state index contributed by atoms with van der Waals surface area (Å²) in [4.78, 5) is 24.0. The third-order valence-electron chi connectivity index (χ3n) is 7.20. The maximum atomic E-state index is 12.2. The average Bonchev–Trinajstić information content (AvgIpc) is 2.50. The molecule has 3 rings (SSSR count). The quantitative estimate of drug-likeness (QED) is 0.541. The minimum atomic E-state index is -0.0471. The Bertz CT molecular complexity index is 636. The molecule has 2 heteroatoms. The molecule has 3 aliphatic carbocycles. The summed E-state index contributed by atoms with van der Waals surface area (Å²) in [6.07, 6.45) is 12.3. The van der Waals surface area contributed by atoms with Crippen molar-refractivity contribution in [1.29, 1.82) is 0 Å². The maximum absolute atomic E-state index is 12.2. The van der Waals surface area contributed by atoms with Crippen LogP contribution in [0.2, 0.25) is 0 Å². The Morgan fingerprint density at radius 1 is 1.17 bits per heavy atom. The molecule has 3 aliphatic rings. The Morgan fingerprint density at radius 3 is 2.65 bits per heavy atom. The van der Waals surface area contributed by atoms with E-state index in [1.54, 1.807) is 6.08 Å². The average molecular weight is 312 g/mol. The molecule has 0 aromatic rings. The smallest absolute Gasteiger partial charge is 0.182 e. The summed E-state index contributed by atoms with van der Waals surface area (Å²) in [5.41, 5.74) is 2.56. The summed E-state index contributed by atoms with van der Waals surface area (Å²) in [6.45, 7) is 9.38. The van der Waals surface area contributed by atoms with Gasteiger partial charge in [-0.25, -0.2) is 0 Å². The lowest BCUT2D eigenvalue weighted by molar-refractivity contribution is -0.115. The van der Waals surface area contributed by atoms with E-state index in [1.807, 2.05) is 0 Å². The molecule has 23 heavy (non-hydrogen) atoms. The van der Waals surface area contributed by atoms with Crippen molar-refractivity contribution in [1.82, 2.24) is 0 Å². The van der Waals surface area contributed by atoms with Gasteiger partial charge in [-0.1, -0.05) is 32.4 Å². The minimum Gasteiger partial charge on any atom is -0.290 e. The lowest BCUT2D eigenvalue weighted by Crippen LogP contribution is -2.50. The summed E-state index contributed by atoms with van der Waals surface area (Å²) >= 11 is 0. The second-order valence-corrected chi connectivity index (χ2v) is 8.33. The lowest BCUT2D eigenvalue weighted by Gasteiger charge is -2.58. The van der Waals surface area contributed by atoms with Crippen LogP contribution in [0.4, 0.5) is 0 Å². The highest BCUT2D eigenvalue weighted by molar-refractivity contribution is 6.17. The summed E-state index contributed by atoms with van der Waals surface area (Å²) in [5.74, 6) is 1.13. The number of ketones is 2. The first kappa shape index (κ1) is 16.4. The molecule has 0 saturated heterocycles. The molecule has 0 bridgehead atoms. The largest absolute Gasteiger partial charge is 0.290 e. The third kappa shape index (κ3) is 2.56. The Hall–Kier alpha value is -1.44. The van der Waals surface area contributed by atoms with E-state index in [9.17, 15) is 9.59 Å². The monoisotopic (exact) mass is 312 g/mol. The van der Waals surface area contributed by atoms with Crippen LogP contribution in [0.3, 0.4) is 0 Å². The molecule has 1 unspecified atom stereocenters. The van der Waals surface area contributed by atoms with E-state index in [0.29, 0.717) is 17.4 Å². The highest BCUT2D eigenvalue weighted by atomic mass is 16.1. The Kier molecular flexibility index (Phi) is 3.98. The number of rotatable bonds is 2. The van der Waals surface area contributed by atoms with Gasteiger partial charge in [-0.2, -0.15) is 0 Å². The number of carbonyl (C=O) groups is 2. The third-order valence-corrected chi connectivity index (χ3v) is 7.20. The molecule has 0 aromatic heterocycles. The highest BCUT2D eigenvalue weighted by Gasteiger charge is 2.53. The summed E-state index contributed by atoms with van der Waals surface area (Å²) in [6, 6.07) is 0. The van der Waals surface area contributed by atoms with Crippen LogP contribution in [0.5, 0.6) is 0 Å². The first-order valence-corrected chi connectivity index (χ1v) is 8.91. The van der Waals surface area contributed by atoms with E-state index in [2.05, 4.69) is 33.8 Å². The first-order valence-electron chi connectivity index (χ1n) is 8.91. The van der Waals surface area contributed by atoms with Crippen molar-refractivity contribution >= 4 is 11.6 Å². The van der Waals surface area contributed by atoms with Crippen LogP contribution in [-0.2, 0) is 9.59 Å². The highest BCUT2D eigenvalue weighted by Crippen LogP contribution is 2.62. The number of fused-ring (bicyclic) bond motifs is 1.